The summed E-state index contributed by atoms with van der Waals surface area (Å²) < 4.78 is 2.05. The van der Waals surface area contributed by atoms with Crippen molar-refractivity contribution in [3.63, 3.8) is 0 Å². The second-order valence-corrected chi connectivity index (χ2v) is 7.64. The molecule has 0 atom stereocenters. The quantitative estimate of drug-likeness (QED) is 0.751. The van der Waals surface area contributed by atoms with E-state index in [2.05, 4.69) is 25.4 Å². The minimum atomic E-state index is 0.0915. The molecule has 2 aliphatic heterocycles. The average Bonchev–Trinajstić information content (AvgIpc) is 3.12. The van der Waals surface area contributed by atoms with Crippen LogP contribution >= 0.6 is 0 Å². The van der Waals surface area contributed by atoms with Gasteiger partial charge in [-0.1, -0.05) is 6.07 Å². The summed E-state index contributed by atoms with van der Waals surface area (Å²) in [6.07, 6.45) is 4.11. The van der Waals surface area contributed by atoms with Crippen LogP contribution in [-0.4, -0.2) is 99.7 Å². The maximum Gasteiger partial charge on any atom is 0.236 e. The number of hydrogen-bond donors (Lipinski definition) is 0. The van der Waals surface area contributed by atoms with E-state index in [1.807, 2.05) is 34.2 Å². The molecule has 2 amide bonds. The third-order valence-corrected chi connectivity index (χ3v) is 5.70. The summed E-state index contributed by atoms with van der Waals surface area (Å²) >= 11 is 0. The molecule has 0 unspecified atom stereocenters. The molecule has 2 aromatic rings. The fourth-order valence-corrected chi connectivity index (χ4v) is 3.96. The molecule has 0 saturated carbocycles. The van der Waals surface area contributed by atoms with Crippen molar-refractivity contribution in [2.75, 3.05) is 58.9 Å². The van der Waals surface area contributed by atoms with E-state index in [0.29, 0.717) is 32.7 Å². The van der Waals surface area contributed by atoms with Gasteiger partial charge in [-0.3, -0.25) is 19.4 Å². The predicted octanol–water partition coefficient (Wildman–Crippen LogP) is 0.143. The zero-order chi connectivity index (χ0) is 19.5. The Morgan fingerprint density at radius 1 is 0.929 bits per heavy atom. The molecule has 2 aliphatic rings. The summed E-state index contributed by atoms with van der Waals surface area (Å²) in [4.78, 5) is 37.0. The van der Waals surface area contributed by atoms with Crippen molar-refractivity contribution in [2.45, 2.75) is 13.5 Å². The Balaban J connectivity index is 1.22. The van der Waals surface area contributed by atoms with E-state index in [-0.39, 0.29) is 11.8 Å². The van der Waals surface area contributed by atoms with Gasteiger partial charge in [0.25, 0.3) is 0 Å². The SMILES string of the molecule is CC(=O)N1CCN(C(=O)CN2CCN(Cc3cn4ccccc4n3)CC2)CC1. The molecule has 0 aromatic carbocycles. The molecule has 0 radical (unpaired) electrons. The van der Waals surface area contributed by atoms with E-state index in [1.165, 1.54) is 0 Å². The fourth-order valence-electron chi connectivity index (χ4n) is 3.96. The molecule has 4 rings (SSSR count). The molecule has 0 aliphatic carbocycles. The number of nitrogens with zero attached hydrogens (tertiary/aromatic N) is 6. The van der Waals surface area contributed by atoms with Gasteiger partial charge in [-0.15, -0.1) is 0 Å². The molecule has 8 heteroatoms. The molecule has 2 fully saturated rings. The number of aromatic nitrogens is 2. The van der Waals surface area contributed by atoms with Gasteiger partial charge in [0.05, 0.1) is 12.2 Å². The second kappa shape index (κ2) is 8.28. The number of fused-ring (bicyclic) bond motifs is 1. The van der Waals surface area contributed by atoms with Crippen LogP contribution in [0.1, 0.15) is 12.6 Å². The van der Waals surface area contributed by atoms with Gasteiger partial charge < -0.3 is 14.2 Å². The first-order valence-electron chi connectivity index (χ1n) is 9.99. The molecule has 150 valence electrons. The molecule has 2 aromatic heterocycles. The van der Waals surface area contributed by atoms with Crippen molar-refractivity contribution < 1.29 is 9.59 Å². The smallest absolute Gasteiger partial charge is 0.236 e. The Kier molecular flexibility index (Phi) is 5.59. The lowest BCUT2D eigenvalue weighted by Gasteiger charge is -2.37. The zero-order valence-electron chi connectivity index (χ0n) is 16.5. The van der Waals surface area contributed by atoms with Crippen molar-refractivity contribution in [1.29, 1.82) is 0 Å². The third kappa shape index (κ3) is 4.34. The van der Waals surface area contributed by atoms with Crippen LogP contribution in [0.2, 0.25) is 0 Å². The number of carbonyl (C=O) groups is 2. The van der Waals surface area contributed by atoms with Crippen LogP contribution in [0.5, 0.6) is 0 Å². The minimum absolute atomic E-state index is 0.0915. The van der Waals surface area contributed by atoms with Crippen molar-refractivity contribution in [3.8, 4) is 0 Å². The molecule has 0 bridgehead atoms. The summed E-state index contributed by atoms with van der Waals surface area (Å²) in [5, 5.41) is 0. The van der Waals surface area contributed by atoms with Crippen LogP contribution in [0.15, 0.2) is 30.6 Å². The summed E-state index contributed by atoms with van der Waals surface area (Å²) in [5.74, 6) is 0.269. The molecular weight excluding hydrogens is 356 g/mol. The van der Waals surface area contributed by atoms with Gasteiger partial charge in [-0.05, 0) is 12.1 Å². The van der Waals surface area contributed by atoms with Crippen LogP contribution in [0.4, 0.5) is 0 Å². The highest BCUT2D eigenvalue weighted by atomic mass is 16.2. The van der Waals surface area contributed by atoms with Crippen LogP contribution in [0.3, 0.4) is 0 Å². The summed E-state index contributed by atoms with van der Waals surface area (Å²) in [6, 6.07) is 6.03. The van der Waals surface area contributed by atoms with Crippen molar-refractivity contribution in [2.24, 2.45) is 0 Å². The normalized spacial score (nSPS) is 19.3. The van der Waals surface area contributed by atoms with Crippen molar-refractivity contribution >= 4 is 17.5 Å². The molecule has 28 heavy (non-hydrogen) atoms. The summed E-state index contributed by atoms with van der Waals surface area (Å²) in [6.45, 7) is 9.17. The molecule has 4 heterocycles. The van der Waals surface area contributed by atoms with E-state index in [9.17, 15) is 9.59 Å². The Morgan fingerprint density at radius 3 is 2.29 bits per heavy atom. The monoisotopic (exact) mass is 384 g/mol. The average molecular weight is 384 g/mol. The Bertz CT molecular complexity index is 801. The molecule has 2 saturated heterocycles. The maximum absolute atomic E-state index is 12.6. The number of amides is 2. The van der Waals surface area contributed by atoms with Crippen LogP contribution in [0.25, 0.3) is 5.65 Å². The van der Waals surface area contributed by atoms with Gasteiger partial charge in [-0.2, -0.15) is 0 Å². The van der Waals surface area contributed by atoms with Crippen molar-refractivity contribution in [1.82, 2.24) is 29.0 Å². The maximum atomic E-state index is 12.6. The van der Waals surface area contributed by atoms with E-state index in [1.54, 1.807) is 6.92 Å². The molecule has 0 N–H and O–H groups in total. The van der Waals surface area contributed by atoms with E-state index >= 15 is 0 Å². The first-order chi connectivity index (χ1) is 13.6. The van der Waals surface area contributed by atoms with Gasteiger partial charge in [0.1, 0.15) is 5.65 Å². The lowest BCUT2D eigenvalue weighted by Crippen LogP contribution is -2.54. The number of carbonyl (C=O) groups excluding carboxylic acids is 2. The number of pyridine rings is 1. The second-order valence-electron chi connectivity index (χ2n) is 7.64. The van der Waals surface area contributed by atoms with Gasteiger partial charge in [-0.25, -0.2) is 4.98 Å². The van der Waals surface area contributed by atoms with E-state index in [0.717, 1.165) is 44.1 Å². The van der Waals surface area contributed by atoms with E-state index in [4.69, 9.17) is 0 Å². The predicted molar refractivity (Wildman–Crippen MR) is 106 cm³/mol. The van der Waals surface area contributed by atoms with Gasteiger partial charge in [0.15, 0.2) is 0 Å². The van der Waals surface area contributed by atoms with Crippen LogP contribution in [0, 0.1) is 0 Å². The molecular formula is C20H28N6O2. The fraction of sp³-hybridized carbons (Fsp3) is 0.550. The summed E-state index contributed by atoms with van der Waals surface area (Å²) in [7, 11) is 0. The number of imidazole rings is 1. The first-order valence-corrected chi connectivity index (χ1v) is 9.99. The first kappa shape index (κ1) is 18.9. The topological polar surface area (TPSA) is 64.4 Å². The largest absolute Gasteiger partial charge is 0.339 e. The highest BCUT2D eigenvalue weighted by Gasteiger charge is 2.25. The Hall–Kier alpha value is -2.45. The number of piperazine rings is 2. The highest BCUT2D eigenvalue weighted by molar-refractivity contribution is 5.79. The van der Waals surface area contributed by atoms with Crippen LogP contribution < -0.4 is 0 Å². The van der Waals surface area contributed by atoms with Crippen LogP contribution in [-0.2, 0) is 16.1 Å². The molecule has 0 spiro atoms. The standard InChI is InChI=1S/C20H28N6O2/c1-17(27)24-10-12-25(13-11-24)20(28)16-23-8-6-22(7-9-23)14-18-15-26-5-3-2-4-19(26)21-18/h2-5,15H,6-14,16H2,1H3. The number of hydrogen-bond acceptors (Lipinski definition) is 5. The third-order valence-electron chi connectivity index (χ3n) is 5.70. The van der Waals surface area contributed by atoms with Crippen molar-refractivity contribution in [3.05, 3.63) is 36.3 Å². The zero-order valence-corrected chi connectivity index (χ0v) is 16.5. The minimum Gasteiger partial charge on any atom is -0.339 e. The van der Waals surface area contributed by atoms with Gasteiger partial charge in [0.2, 0.25) is 11.8 Å². The van der Waals surface area contributed by atoms with Gasteiger partial charge >= 0.3 is 0 Å². The lowest BCUT2D eigenvalue weighted by molar-refractivity contribution is -0.139. The summed E-state index contributed by atoms with van der Waals surface area (Å²) in [5.41, 5.74) is 2.06. The lowest BCUT2D eigenvalue weighted by atomic mass is 10.2. The van der Waals surface area contributed by atoms with E-state index < -0.39 is 0 Å². The number of rotatable bonds is 4. The Labute approximate surface area is 165 Å². The highest BCUT2D eigenvalue weighted by Crippen LogP contribution is 2.11. The molecule has 8 nitrogen and oxygen atoms in total. The Morgan fingerprint density at radius 2 is 1.61 bits per heavy atom. The van der Waals surface area contributed by atoms with Gasteiger partial charge in [0, 0.05) is 78.2 Å².